The first-order chi connectivity index (χ1) is 6.11. The summed E-state index contributed by atoms with van der Waals surface area (Å²) in [6, 6.07) is 5.71. The largest absolute Gasteiger partial charge is 0.473 e. The van der Waals surface area contributed by atoms with E-state index in [1.54, 1.807) is 6.07 Å². The topological polar surface area (TPSA) is 80.4 Å². The minimum absolute atomic E-state index is 0.139. The first-order valence-electron chi connectivity index (χ1n) is 3.25. The van der Waals surface area contributed by atoms with Gasteiger partial charge in [-0.25, -0.2) is 4.79 Å². The number of nitro benzene ring substituents is 1. The smallest absolute Gasteiger partial charge is 0.369 e. The average Bonchev–Trinajstić information content (AvgIpc) is 2.03. The van der Waals surface area contributed by atoms with Crippen LogP contribution in [0.3, 0.4) is 0 Å². The van der Waals surface area contributed by atoms with Crippen molar-refractivity contribution < 1.29 is 14.8 Å². The molecular weight excluding hydrogens is 194 g/mol. The third-order valence-electron chi connectivity index (χ3n) is 1.26. The van der Waals surface area contributed by atoms with Gasteiger partial charge in [-0.15, -0.1) is 0 Å². The highest BCUT2D eigenvalue weighted by Crippen LogP contribution is 2.28. The number of carboxylic acid groups (broad SMARTS) is 1. The van der Waals surface area contributed by atoms with E-state index < -0.39 is 10.2 Å². The van der Waals surface area contributed by atoms with Gasteiger partial charge in [0.1, 0.15) is 0 Å². The first kappa shape index (κ1) is 9.53. The molecule has 1 aromatic rings. The Balaban J connectivity index is 3.04. The highest BCUT2D eigenvalue weighted by molar-refractivity contribution is 8.13. The third kappa shape index (κ3) is 2.45. The van der Waals surface area contributed by atoms with Crippen molar-refractivity contribution in [2.45, 2.75) is 4.90 Å². The van der Waals surface area contributed by atoms with E-state index in [2.05, 4.69) is 0 Å². The molecule has 0 spiro atoms. The Hall–Kier alpha value is -1.56. The van der Waals surface area contributed by atoms with Gasteiger partial charge in [-0.3, -0.25) is 10.1 Å². The van der Waals surface area contributed by atoms with Crippen molar-refractivity contribution in [2.24, 2.45) is 0 Å². The molecule has 0 aliphatic heterocycles. The van der Waals surface area contributed by atoms with Gasteiger partial charge < -0.3 is 5.11 Å². The molecular formula is C7H5NO4S. The van der Waals surface area contributed by atoms with Crippen LogP contribution < -0.4 is 0 Å². The number of nitrogens with zero attached hydrogens (tertiary/aromatic N) is 1. The fraction of sp³-hybridized carbons (Fsp3) is 0. The van der Waals surface area contributed by atoms with E-state index in [1.807, 2.05) is 0 Å². The van der Waals surface area contributed by atoms with Crippen LogP contribution in [0.1, 0.15) is 0 Å². The highest BCUT2D eigenvalue weighted by Gasteiger charge is 2.15. The number of rotatable bonds is 2. The molecule has 0 aromatic heterocycles. The maximum Gasteiger partial charge on any atom is 0.369 e. The molecule has 0 amide bonds. The van der Waals surface area contributed by atoms with E-state index >= 15 is 0 Å². The predicted octanol–water partition coefficient (Wildman–Crippen LogP) is 2.36. The lowest BCUT2D eigenvalue weighted by Gasteiger charge is -1.96. The van der Waals surface area contributed by atoms with E-state index in [1.165, 1.54) is 18.2 Å². The van der Waals surface area contributed by atoms with E-state index in [-0.39, 0.29) is 10.6 Å². The Morgan fingerprint density at radius 3 is 2.62 bits per heavy atom. The van der Waals surface area contributed by atoms with Crippen molar-refractivity contribution in [1.29, 1.82) is 0 Å². The van der Waals surface area contributed by atoms with Crippen LogP contribution in [0.4, 0.5) is 10.5 Å². The molecule has 0 bridgehead atoms. The number of carbonyl (C=O) groups is 1. The van der Waals surface area contributed by atoms with Crippen LogP contribution in [-0.4, -0.2) is 15.3 Å². The summed E-state index contributed by atoms with van der Waals surface area (Å²) in [5.74, 6) is 0. The van der Waals surface area contributed by atoms with Gasteiger partial charge in [0.05, 0.1) is 9.82 Å². The third-order valence-corrected chi connectivity index (χ3v) is 2.00. The summed E-state index contributed by atoms with van der Waals surface area (Å²) >= 11 is 0.428. The van der Waals surface area contributed by atoms with Crippen LogP contribution in [0.2, 0.25) is 0 Å². The summed E-state index contributed by atoms with van der Waals surface area (Å²) in [6.07, 6.45) is 0. The Bertz CT molecular complexity index is 352. The molecule has 0 aliphatic rings. The SMILES string of the molecule is O=C(O)Sc1ccccc1[N+](=O)[O-]. The quantitative estimate of drug-likeness (QED) is 0.449. The molecule has 6 heteroatoms. The summed E-state index contributed by atoms with van der Waals surface area (Å²) in [7, 11) is 0. The lowest BCUT2D eigenvalue weighted by molar-refractivity contribution is -0.387. The molecule has 0 heterocycles. The van der Waals surface area contributed by atoms with E-state index in [4.69, 9.17) is 5.11 Å². The molecule has 0 atom stereocenters. The molecule has 13 heavy (non-hydrogen) atoms. The summed E-state index contributed by atoms with van der Waals surface area (Å²) in [5, 5.41) is 17.7. The summed E-state index contributed by atoms with van der Waals surface area (Å²) < 4.78 is 0. The molecule has 0 fully saturated rings. The van der Waals surface area contributed by atoms with Gasteiger partial charge in [0.25, 0.3) is 5.69 Å². The average molecular weight is 199 g/mol. The zero-order valence-corrected chi connectivity index (χ0v) is 7.15. The Morgan fingerprint density at radius 2 is 2.08 bits per heavy atom. The number of benzene rings is 1. The first-order valence-corrected chi connectivity index (χ1v) is 4.07. The van der Waals surface area contributed by atoms with Crippen molar-refractivity contribution in [2.75, 3.05) is 0 Å². The van der Waals surface area contributed by atoms with Gasteiger partial charge in [0.2, 0.25) is 0 Å². The van der Waals surface area contributed by atoms with Crippen LogP contribution in [0, 0.1) is 10.1 Å². The molecule has 5 nitrogen and oxygen atoms in total. The molecule has 0 radical (unpaired) electrons. The van der Waals surface area contributed by atoms with Crippen LogP contribution in [-0.2, 0) is 0 Å². The standard InChI is InChI=1S/C7H5NO4S/c9-7(10)13-6-4-2-1-3-5(6)8(11)12/h1-4H,(H,9,10). The van der Waals surface area contributed by atoms with Crippen LogP contribution in [0.15, 0.2) is 29.2 Å². The van der Waals surface area contributed by atoms with Crippen molar-refractivity contribution in [1.82, 2.24) is 0 Å². The number of hydrogen-bond donors (Lipinski definition) is 1. The number of nitro groups is 1. The summed E-state index contributed by atoms with van der Waals surface area (Å²) in [4.78, 5) is 20.2. The second-order valence-electron chi connectivity index (χ2n) is 2.09. The second-order valence-corrected chi connectivity index (χ2v) is 3.09. The molecule has 1 aromatic carbocycles. The minimum atomic E-state index is -1.16. The molecule has 0 aliphatic carbocycles. The predicted molar refractivity (Wildman–Crippen MR) is 47.0 cm³/mol. The molecule has 1 rings (SSSR count). The van der Waals surface area contributed by atoms with Gasteiger partial charge >= 0.3 is 5.30 Å². The van der Waals surface area contributed by atoms with Gasteiger partial charge in [-0.05, 0) is 17.8 Å². The van der Waals surface area contributed by atoms with E-state index in [0.717, 1.165) is 0 Å². The molecule has 1 N–H and O–H groups in total. The second kappa shape index (κ2) is 3.90. The summed E-state index contributed by atoms with van der Waals surface area (Å²) in [5.41, 5.74) is -0.185. The van der Waals surface area contributed by atoms with Gasteiger partial charge in [-0.2, -0.15) is 0 Å². The van der Waals surface area contributed by atoms with Crippen molar-refractivity contribution in [3.8, 4) is 0 Å². The summed E-state index contributed by atoms with van der Waals surface area (Å²) in [6.45, 7) is 0. The monoisotopic (exact) mass is 199 g/mol. The van der Waals surface area contributed by atoms with Gasteiger partial charge in [0.15, 0.2) is 0 Å². The highest BCUT2D eigenvalue weighted by atomic mass is 32.2. The van der Waals surface area contributed by atoms with Crippen molar-refractivity contribution in [3.63, 3.8) is 0 Å². The number of hydrogen-bond acceptors (Lipinski definition) is 4. The van der Waals surface area contributed by atoms with E-state index in [9.17, 15) is 14.9 Å². The Morgan fingerprint density at radius 1 is 1.46 bits per heavy atom. The maximum atomic E-state index is 10.4. The van der Waals surface area contributed by atoms with Crippen LogP contribution in [0.25, 0.3) is 0 Å². The minimum Gasteiger partial charge on any atom is -0.473 e. The Labute approximate surface area is 77.5 Å². The molecule has 0 saturated carbocycles. The fourth-order valence-corrected chi connectivity index (χ4v) is 1.37. The van der Waals surface area contributed by atoms with Crippen molar-refractivity contribution >= 4 is 22.8 Å². The number of thioether (sulfide) groups is 1. The number of para-hydroxylation sites is 1. The van der Waals surface area contributed by atoms with E-state index in [0.29, 0.717) is 11.8 Å². The van der Waals surface area contributed by atoms with Crippen LogP contribution >= 0.6 is 11.8 Å². The Kier molecular flexibility index (Phi) is 2.86. The zero-order chi connectivity index (χ0) is 9.84. The molecule has 0 saturated heterocycles. The fourth-order valence-electron chi connectivity index (χ4n) is 0.788. The zero-order valence-electron chi connectivity index (χ0n) is 6.34. The van der Waals surface area contributed by atoms with Crippen LogP contribution in [0.5, 0.6) is 0 Å². The molecule has 68 valence electrons. The lowest BCUT2D eigenvalue weighted by atomic mass is 10.3. The normalized spacial score (nSPS) is 9.54. The lowest BCUT2D eigenvalue weighted by Crippen LogP contribution is -1.92. The van der Waals surface area contributed by atoms with Gasteiger partial charge in [-0.1, -0.05) is 12.1 Å². The van der Waals surface area contributed by atoms with Crippen molar-refractivity contribution in [3.05, 3.63) is 34.4 Å². The maximum absolute atomic E-state index is 10.4. The van der Waals surface area contributed by atoms with Gasteiger partial charge in [0, 0.05) is 6.07 Å². The molecule has 0 unspecified atom stereocenters.